The number of benzene rings is 2. The molecule has 0 aliphatic rings. The van der Waals surface area contributed by atoms with Gasteiger partial charge in [-0.3, -0.25) is 4.79 Å². The van der Waals surface area contributed by atoms with Crippen molar-refractivity contribution in [2.24, 2.45) is 0 Å². The first-order chi connectivity index (χ1) is 12.1. The molecule has 0 saturated carbocycles. The minimum atomic E-state index is -0.318. The van der Waals surface area contributed by atoms with Crippen LogP contribution in [0.1, 0.15) is 17.9 Å². The maximum atomic E-state index is 12.9. The second-order valence-electron chi connectivity index (χ2n) is 5.42. The average Bonchev–Trinajstić information content (AvgIpc) is 3.08. The van der Waals surface area contributed by atoms with Gasteiger partial charge in [0.05, 0.1) is 12.6 Å². The molecule has 0 saturated heterocycles. The minimum absolute atomic E-state index is 0.178. The minimum Gasteiger partial charge on any atom is -0.461 e. The standard InChI is InChI=1S/C19H15BrFNO3/c20-15-3-1-2-13(10-15)12-24-19(23)9-8-18-22-11-17(25-18)14-4-6-16(21)7-5-14/h1-7,10-11H,8-9,12H2. The number of carbonyl (C=O) groups is 1. The van der Waals surface area contributed by atoms with E-state index in [1.165, 1.54) is 12.1 Å². The number of esters is 1. The molecular weight excluding hydrogens is 389 g/mol. The highest BCUT2D eigenvalue weighted by Crippen LogP contribution is 2.21. The summed E-state index contributed by atoms with van der Waals surface area (Å²) in [5.41, 5.74) is 1.65. The Morgan fingerprint density at radius 2 is 2.00 bits per heavy atom. The van der Waals surface area contributed by atoms with Crippen LogP contribution in [0.5, 0.6) is 0 Å². The number of halogens is 2. The second-order valence-corrected chi connectivity index (χ2v) is 6.33. The molecular formula is C19H15BrFNO3. The Labute approximate surface area is 152 Å². The maximum Gasteiger partial charge on any atom is 0.306 e. The molecule has 0 aliphatic heterocycles. The Bertz CT molecular complexity index is 861. The number of hydrogen-bond donors (Lipinski definition) is 0. The van der Waals surface area contributed by atoms with Crippen molar-refractivity contribution >= 4 is 21.9 Å². The summed E-state index contributed by atoms with van der Waals surface area (Å²) in [6.45, 7) is 0.227. The number of aromatic nitrogens is 1. The Morgan fingerprint density at radius 1 is 1.20 bits per heavy atom. The third-order valence-corrected chi connectivity index (χ3v) is 4.01. The summed E-state index contributed by atoms with van der Waals surface area (Å²) in [5.74, 6) is 0.356. The molecule has 0 aliphatic carbocycles. The van der Waals surface area contributed by atoms with Gasteiger partial charge in [0, 0.05) is 16.5 Å². The SMILES string of the molecule is O=C(CCc1ncc(-c2ccc(F)cc2)o1)OCc1cccc(Br)c1. The van der Waals surface area contributed by atoms with E-state index in [0.29, 0.717) is 18.1 Å². The van der Waals surface area contributed by atoms with E-state index in [0.717, 1.165) is 15.6 Å². The van der Waals surface area contributed by atoms with Gasteiger partial charge < -0.3 is 9.15 Å². The van der Waals surface area contributed by atoms with Crippen LogP contribution in [-0.4, -0.2) is 11.0 Å². The van der Waals surface area contributed by atoms with Crippen molar-refractivity contribution in [2.45, 2.75) is 19.4 Å². The lowest BCUT2D eigenvalue weighted by molar-refractivity contribution is -0.145. The van der Waals surface area contributed by atoms with Crippen molar-refractivity contribution in [1.82, 2.24) is 4.98 Å². The Balaban J connectivity index is 1.50. The number of nitrogens with zero attached hydrogens (tertiary/aromatic N) is 1. The number of ether oxygens (including phenoxy) is 1. The fourth-order valence-corrected chi connectivity index (χ4v) is 2.69. The first kappa shape index (κ1) is 17.4. The van der Waals surface area contributed by atoms with E-state index in [-0.39, 0.29) is 24.8 Å². The predicted octanol–water partition coefficient (Wildman–Crippen LogP) is 4.92. The lowest BCUT2D eigenvalue weighted by Crippen LogP contribution is -2.06. The van der Waals surface area contributed by atoms with Crippen LogP contribution in [0.4, 0.5) is 4.39 Å². The molecule has 0 unspecified atom stereocenters. The van der Waals surface area contributed by atoms with Gasteiger partial charge in [0.25, 0.3) is 0 Å². The number of hydrogen-bond acceptors (Lipinski definition) is 4. The van der Waals surface area contributed by atoms with Crippen LogP contribution in [0.2, 0.25) is 0 Å². The maximum absolute atomic E-state index is 12.9. The van der Waals surface area contributed by atoms with Gasteiger partial charge in [0.1, 0.15) is 12.4 Å². The Kier molecular flexibility index (Phi) is 5.60. The van der Waals surface area contributed by atoms with E-state index in [4.69, 9.17) is 9.15 Å². The van der Waals surface area contributed by atoms with Crippen LogP contribution in [0.3, 0.4) is 0 Å². The second kappa shape index (κ2) is 8.07. The molecule has 0 atom stereocenters. The first-order valence-electron chi connectivity index (χ1n) is 7.71. The molecule has 3 rings (SSSR count). The molecule has 128 valence electrons. The monoisotopic (exact) mass is 403 g/mol. The summed E-state index contributed by atoms with van der Waals surface area (Å²) in [7, 11) is 0. The highest BCUT2D eigenvalue weighted by atomic mass is 79.9. The fraction of sp³-hybridized carbons (Fsp3) is 0.158. The van der Waals surface area contributed by atoms with Crippen molar-refractivity contribution in [3.63, 3.8) is 0 Å². The number of rotatable bonds is 6. The van der Waals surface area contributed by atoms with Crippen LogP contribution in [0.25, 0.3) is 11.3 Å². The van der Waals surface area contributed by atoms with E-state index in [1.807, 2.05) is 24.3 Å². The molecule has 0 fully saturated rings. The summed E-state index contributed by atoms with van der Waals surface area (Å²) < 4.78 is 24.7. The average molecular weight is 404 g/mol. The van der Waals surface area contributed by atoms with Crippen LogP contribution >= 0.6 is 15.9 Å². The summed E-state index contributed by atoms with van der Waals surface area (Å²) in [6.07, 6.45) is 2.09. The molecule has 2 aromatic carbocycles. The van der Waals surface area contributed by atoms with Crippen molar-refractivity contribution < 1.29 is 18.3 Å². The van der Waals surface area contributed by atoms with Gasteiger partial charge in [-0.1, -0.05) is 28.1 Å². The van der Waals surface area contributed by atoms with Crippen molar-refractivity contribution in [3.8, 4) is 11.3 Å². The lowest BCUT2D eigenvalue weighted by Gasteiger charge is -2.04. The number of carbonyl (C=O) groups excluding carboxylic acids is 1. The first-order valence-corrected chi connectivity index (χ1v) is 8.50. The molecule has 0 amide bonds. The molecule has 0 spiro atoms. The zero-order chi connectivity index (χ0) is 17.6. The molecule has 25 heavy (non-hydrogen) atoms. The van der Waals surface area contributed by atoms with Gasteiger partial charge in [-0.15, -0.1) is 0 Å². The molecule has 6 heteroatoms. The van der Waals surface area contributed by atoms with Gasteiger partial charge in [-0.05, 0) is 42.0 Å². The zero-order valence-electron chi connectivity index (χ0n) is 13.2. The van der Waals surface area contributed by atoms with E-state index < -0.39 is 0 Å². The number of oxazole rings is 1. The highest BCUT2D eigenvalue weighted by molar-refractivity contribution is 9.10. The van der Waals surface area contributed by atoms with E-state index in [9.17, 15) is 9.18 Å². The molecule has 4 nitrogen and oxygen atoms in total. The van der Waals surface area contributed by atoms with E-state index >= 15 is 0 Å². The smallest absolute Gasteiger partial charge is 0.306 e. The molecule has 3 aromatic rings. The Hall–Kier alpha value is -2.47. The van der Waals surface area contributed by atoms with Crippen molar-refractivity contribution in [2.75, 3.05) is 0 Å². The van der Waals surface area contributed by atoms with E-state index in [2.05, 4.69) is 20.9 Å². The lowest BCUT2D eigenvalue weighted by atomic mass is 10.2. The highest BCUT2D eigenvalue weighted by Gasteiger charge is 2.10. The third-order valence-electron chi connectivity index (χ3n) is 3.51. The topological polar surface area (TPSA) is 52.3 Å². The van der Waals surface area contributed by atoms with Crippen LogP contribution in [-0.2, 0) is 22.6 Å². The van der Waals surface area contributed by atoms with Gasteiger partial charge in [-0.2, -0.15) is 0 Å². The van der Waals surface area contributed by atoms with Gasteiger partial charge in [0.15, 0.2) is 11.7 Å². The Morgan fingerprint density at radius 3 is 2.76 bits per heavy atom. The quantitative estimate of drug-likeness (QED) is 0.548. The van der Waals surface area contributed by atoms with Crippen molar-refractivity contribution in [3.05, 3.63) is 76.5 Å². The molecule has 1 heterocycles. The van der Waals surface area contributed by atoms with Gasteiger partial charge in [0.2, 0.25) is 0 Å². The summed E-state index contributed by atoms with van der Waals surface area (Å²) >= 11 is 3.37. The predicted molar refractivity (Wildman–Crippen MR) is 94.2 cm³/mol. The van der Waals surface area contributed by atoms with Gasteiger partial charge in [-0.25, -0.2) is 9.37 Å². The van der Waals surface area contributed by atoms with Crippen LogP contribution in [0, 0.1) is 5.82 Å². The fourth-order valence-electron chi connectivity index (χ4n) is 2.25. The normalized spacial score (nSPS) is 10.6. The largest absolute Gasteiger partial charge is 0.461 e. The van der Waals surface area contributed by atoms with Crippen LogP contribution < -0.4 is 0 Å². The summed E-state index contributed by atoms with van der Waals surface area (Å²) in [4.78, 5) is 16.0. The number of aryl methyl sites for hydroxylation is 1. The summed E-state index contributed by atoms with van der Waals surface area (Å²) in [5, 5.41) is 0. The van der Waals surface area contributed by atoms with Crippen molar-refractivity contribution in [1.29, 1.82) is 0 Å². The van der Waals surface area contributed by atoms with Gasteiger partial charge >= 0.3 is 5.97 Å². The molecule has 1 aromatic heterocycles. The zero-order valence-corrected chi connectivity index (χ0v) is 14.8. The molecule has 0 radical (unpaired) electrons. The summed E-state index contributed by atoms with van der Waals surface area (Å²) in [6, 6.07) is 13.5. The van der Waals surface area contributed by atoms with Crippen LogP contribution in [0.15, 0.2) is 63.6 Å². The molecule has 0 bridgehead atoms. The van der Waals surface area contributed by atoms with E-state index in [1.54, 1.807) is 18.3 Å². The molecule has 0 N–H and O–H groups in total. The third kappa shape index (κ3) is 5.00.